The van der Waals surface area contributed by atoms with Crippen LogP contribution in [0.3, 0.4) is 0 Å². The Morgan fingerprint density at radius 3 is 2.32 bits per heavy atom. The second kappa shape index (κ2) is 9.53. The van der Waals surface area contributed by atoms with Crippen LogP contribution in [0.15, 0.2) is 96.3 Å². The van der Waals surface area contributed by atoms with Gasteiger partial charge in [0, 0.05) is 5.56 Å². The number of rotatable bonds is 6. The molecule has 5 nitrogen and oxygen atoms in total. The highest BCUT2D eigenvalue weighted by Crippen LogP contribution is 2.48. The molecule has 1 atom stereocenters. The number of aromatic nitrogens is 1. The van der Waals surface area contributed by atoms with E-state index in [0.717, 1.165) is 32.3 Å². The van der Waals surface area contributed by atoms with E-state index in [2.05, 4.69) is 0 Å². The van der Waals surface area contributed by atoms with Gasteiger partial charge in [0.1, 0.15) is 23.1 Å². The summed E-state index contributed by atoms with van der Waals surface area (Å²) < 4.78 is 17.1. The predicted octanol–water partition coefficient (Wildman–Crippen LogP) is 6.36. The van der Waals surface area contributed by atoms with Gasteiger partial charge in [-0.25, -0.2) is 9.78 Å². The Kier molecular flexibility index (Phi) is 6.14. The topological polar surface area (TPSA) is 57.7 Å². The zero-order valence-electron chi connectivity index (χ0n) is 18.9. The maximum absolute atomic E-state index is 13.4. The van der Waals surface area contributed by atoms with Crippen molar-refractivity contribution >= 4 is 17.3 Å². The van der Waals surface area contributed by atoms with Crippen LogP contribution in [0.1, 0.15) is 28.8 Å². The van der Waals surface area contributed by atoms with Crippen LogP contribution in [0.5, 0.6) is 11.6 Å². The number of ether oxygens (including phenoxy) is 3. The lowest BCUT2D eigenvalue weighted by molar-refractivity contribution is -0.140. The van der Waals surface area contributed by atoms with Crippen LogP contribution in [0.2, 0.25) is 0 Å². The smallest absolute Gasteiger partial charge is 0.338 e. The quantitative estimate of drug-likeness (QED) is 0.308. The van der Waals surface area contributed by atoms with E-state index >= 15 is 0 Å². The molecule has 1 aliphatic rings. The fourth-order valence-electron chi connectivity index (χ4n) is 3.99. The Morgan fingerprint density at radius 1 is 0.971 bits per heavy atom. The minimum atomic E-state index is -0.400. The van der Waals surface area contributed by atoms with Crippen molar-refractivity contribution in [2.45, 2.75) is 19.4 Å². The molecule has 4 aromatic rings. The molecule has 3 aromatic carbocycles. The van der Waals surface area contributed by atoms with E-state index in [1.165, 1.54) is 11.3 Å². The van der Waals surface area contributed by atoms with Gasteiger partial charge in [0.2, 0.25) is 5.88 Å². The number of benzene rings is 3. The van der Waals surface area contributed by atoms with Gasteiger partial charge in [0.05, 0.1) is 23.5 Å². The predicted molar refractivity (Wildman–Crippen MR) is 132 cm³/mol. The van der Waals surface area contributed by atoms with Gasteiger partial charge in [-0.15, -0.1) is 11.3 Å². The zero-order valence-corrected chi connectivity index (χ0v) is 19.7. The van der Waals surface area contributed by atoms with Crippen molar-refractivity contribution in [3.63, 3.8) is 0 Å². The lowest BCUT2D eigenvalue weighted by Crippen LogP contribution is -2.22. The average Bonchev–Trinajstić information content (AvgIpc) is 3.31. The van der Waals surface area contributed by atoms with E-state index in [-0.39, 0.29) is 12.5 Å². The Bertz CT molecular complexity index is 1330. The monoisotopic (exact) mass is 469 g/mol. The highest BCUT2D eigenvalue weighted by Gasteiger charge is 2.37. The minimum Gasteiger partial charge on any atom is -0.497 e. The molecule has 0 radical (unpaired) electrons. The van der Waals surface area contributed by atoms with Crippen LogP contribution in [0.4, 0.5) is 0 Å². The summed E-state index contributed by atoms with van der Waals surface area (Å²) in [4.78, 5) is 19.0. The Balaban J connectivity index is 1.54. The van der Waals surface area contributed by atoms with Crippen molar-refractivity contribution in [1.29, 1.82) is 0 Å². The summed E-state index contributed by atoms with van der Waals surface area (Å²) in [6, 6.07) is 27.3. The molecule has 0 saturated heterocycles. The molecule has 2 heterocycles. The number of esters is 1. The Labute approximate surface area is 202 Å². The largest absolute Gasteiger partial charge is 0.497 e. The van der Waals surface area contributed by atoms with Crippen molar-refractivity contribution in [2.75, 3.05) is 7.11 Å². The summed E-state index contributed by atoms with van der Waals surface area (Å²) in [6.45, 7) is 1.98. The number of nitrogens with zero attached hydrogens (tertiary/aromatic N) is 1. The molecular formula is C28H23NO4S. The highest BCUT2D eigenvalue weighted by atomic mass is 32.1. The summed E-state index contributed by atoms with van der Waals surface area (Å²) in [5, 5.41) is 0.843. The van der Waals surface area contributed by atoms with Gasteiger partial charge in [-0.1, -0.05) is 72.8 Å². The third kappa shape index (κ3) is 4.32. The number of hydrogen-bond donors (Lipinski definition) is 0. The van der Waals surface area contributed by atoms with E-state index in [4.69, 9.17) is 19.2 Å². The lowest BCUT2D eigenvalue weighted by atomic mass is 9.87. The van der Waals surface area contributed by atoms with Crippen LogP contribution < -0.4 is 9.47 Å². The summed E-state index contributed by atoms with van der Waals surface area (Å²) in [7, 11) is 1.63. The molecule has 170 valence electrons. The molecule has 1 unspecified atom stereocenters. The first-order valence-electron chi connectivity index (χ1n) is 10.9. The van der Waals surface area contributed by atoms with Gasteiger partial charge in [0.15, 0.2) is 0 Å². The fourth-order valence-corrected chi connectivity index (χ4v) is 5.13. The lowest BCUT2D eigenvalue weighted by Gasteiger charge is -2.26. The van der Waals surface area contributed by atoms with Crippen LogP contribution >= 0.6 is 11.3 Å². The Hall–Kier alpha value is -3.90. The summed E-state index contributed by atoms with van der Waals surface area (Å²) >= 11 is 1.53. The average molecular weight is 470 g/mol. The SMILES string of the molecule is COc1ccc(C2C(C(=O)OCc3ccccc3)=C(C)Oc3nc(-c4ccccc4)sc32)cc1. The minimum absolute atomic E-state index is 0.191. The van der Waals surface area contributed by atoms with Crippen LogP contribution in [0.25, 0.3) is 10.6 Å². The van der Waals surface area contributed by atoms with E-state index in [1.54, 1.807) is 14.0 Å². The number of fused-ring (bicyclic) bond motifs is 1. The fraction of sp³-hybridized carbons (Fsp3) is 0.143. The molecule has 0 bridgehead atoms. The molecular weight excluding hydrogens is 446 g/mol. The van der Waals surface area contributed by atoms with Gasteiger partial charge in [-0.05, 0) is 30.2 Å². The van der Waals surface area contributed by atoms with Crippen molar-refractivity contribution in [2.24, 2.45) is 0 Å². The molecule has 0 aliphatic carbocycles. The first kappa shape index (κ1) is 21.9. The standard InChI is InChI=1S/C28H23NO4S/c1-18-23(28(30)32-17-19-9-5-3-6-10-19)24(20-13-15-22(31-2)16-14-20)25-26(33-18)29-27(34-25)21-11-7-4-8-12-21/h3-16,24H,17H2,1-2H3. The van der Waals surface area contributed by atoms with Gasteiger partial charge >= 0.3 is 5.97 Å². The number of methoxy groups -OCH3 is 1. The molecule has 0 fully saturated rings. The maximum atomic E-state index is 13.4. The number of carbonyl (C=O) groups excluding carboxylic acids is 1. The second-order valence-corrected chi connectivity index (χ2v) is 8.92. The normalized spacial score (nSPS) is 14.8. The number of hydrogen-bond acceptors (Lipinski definition) is 6. The van der Waals surface area contributed by atoms with Crippen LogP contribution in [-0.2, 0) is 16.1 Å². The molecule has 0 spiro atoms. The summed E-state index contributed by atoms with van der Waals surface area (Å²) in [5.41, 5.74) is 3.36. The van der Waals surface area contributed by atoms with Gasteiger partial charge in [-0.2, -0.15) is 0 Å². The third-order valence-electron chi connectivity index (χ3n) is 5.70. The van der Waals surface area contributed by atoms with Crippen molar-refractivity contribution < 1.29 is 19.0 Å². The van der Waals surface area contributed by atoms with Crippen LogP contribution in [0, 0.1) is 0 Å². The molecule has 0 saturated carbocycles. The second-order valence-electron chi connectivity index (χ2n) is 7.89. The van der Waals surface area contributed by atoms with E-state index in [1.807, 2.05) is 84.9 Å². The van der Waals surface area contributed by atoms with E-state index < -0.39 is 5.97 Å². The number of thiazole rings is 1. The summed E-state index contributed by atoms with van der Waals surface area (Å²) in [6.07, 6.45) is 0. The molecule has 1 aliphatic heterocycles. The molecule has 1 aromatic heterocycles. The van der Waals surface area contributed by atoms with E-state index in [0.29, 0.717) is 17.2 Å². The molecule has 34 heavy (non-hydrogen) atoms. The molecule has 5 rings (SSSR count). The van der Waals surface area contributed by atoms with Crippen LogP contribution in [-0.4, -0.2) is 18.1 Å². The van der Waals surface area contributed by atoms with Gasteiger partial charge < -0.3 is 14.2 Å². The van der Waals surface area contributed by atoms with Crippen molar-refractivity contribution in [1.82, 2.24) is 4.98 Å². The summed E-state index contributed by atoms with van der Waals surface area (Å²) in [5.74, 6) is 1.02. The first-order valence-corrected chi connectivity index (χ1v) is 11.8. The van der Waals surface area contributed by atoms with E-state index in [9.17, 15) is 4.79 Å². The van der Waals surface area contributed by atoms with Crippen molar-refractivity contribution in [3.05, 3.63) is 112 Å². The van der Waals surface area contributed by atoms with Gasteiger partial charge in [-0.3, -0.25) is 0 Å². The highest BCUT2D eigenvalue weighted by molar-refractivity contribution is 7.15. The molecule has 6 heteroatoms. The Morgan fingerprint density at radius 2 is 1.65 bits per heavy atom. The third-order valence-corrected chi connectivity index (χ3v) is 6.85. The maximum Gasteiger partial charge on any atom is 0.338 e. The molecule has 0 amide bonds. The zero-order chi connectivity index (χ0) is 23.5. The number of allylic oxidation sites excluding steroid dienone is 1. The number of carbonyl (C=O) groups is 1. The van der Waals surface area contributed by atoms with Gasteiger partial charge in [0.25, 0.3) is 0 Å². The molecule has 0 N–H and O–H groups in total. The first-order chi connectivity index (χ1) is 16.6. The van der Waals surface area contributed by atoms with Crippen molar-refractivity contribution in [3.8, 4) is 22.2 Å².